The first-order chi connectivity index (χ1) is 12.3. The molecule has 2 aromatic carbocycles. The van der Waals surface area contributed by atoms with Crippen LogP contribution < -0.4 is 10.2 Å². The molecule has 0 bridgehead atoms. The molecule has 136 valence electrons. The number of rotatable bonds is 3. The molecule has 2 amide bonds. The van der Waals surface area contributed by atoms with E-state index in [-0.39, 0.29) is 17.2 Å². The minimum atomic E-state index is -0.457. The molecule has 4 nitrogen and oxygen atoms in total. The molecule has 26 heavy (non-hydrogen) atoms. The summed E-state index contributed by atoms with van der Waals surface area (Å²) in [5, 5.41) is 2.88. The number of carbonyl (C=O) groups is 2. The fraction of sp³-hybridized carbons (Fsp3) is 0.333. The number of nitrogens with one attached hydrogen (secondary N) is 1. The van der Waals surface area contributed by atoms with Gasteiger partial charge < -0.3 is 5.32 Å². The second kappa shape index (κ2) is 7.16. The molecular weight excluding hydrogens is 344 g/mol. The Labute approximate surface area is 159 Å². The van der Waals surface area contributed by atoms with Crippen molar-refractivity contribution in [2.45, 2.75) is 33.1 Å². The molecule has 1 atom stereocenters. The van der Waals surface area contributed by atoms with Crippen LogP contribution in [0.4, 0.5) is 11.4 Å². The molecule has 0 radical (unpaired) electrons. The SMILES string of the molecule is Cc1cccc(N2C(=O)CS[C@H]2c2cccc(NC(=O)C(C)(C)C)c2)c1. The molecule has 0 aromatic heterocycles. The minimum Gasteiger partial charge on any atom is -0.326 e. The number of aryl methyl sites for hydroxylation is 1. The van der Waals surface area contributed by atoms with Gasteiger partial charge in [-0.3, -0.25) is 14.5 Å². The van der Waals surface area contributed by atoms with Gasteiger partial charge in [0.15, 0.2) is 0 Å². The van der Waals surface area contributed by atoms with Crippen LogP contribution in [-0.4, -0.2) is 17.6 Å². The van der Waals surface area contributed by atoms with Gasteiger partial charge in [0.05, 0.1) is 5.75 Å². The van der Waals surface area contributed by atoms with Crippen LogP contribution >= 0.6 is 11.8 Å². The summed E-state index contributed by atoms with van der Waals surface area (Å²) >= 11 is 1.61. The molecule has 1 fully saturated rings. The molecule has 3 rings (SSSR count). The van der Waals surface area contributed by atoms with Gasteiger partial charge in [0.2, 0.25) is 11.8 Å². The zero-order valence-electron chi connectivity index (χ0n) is 15.6. The quantitative estimate of drug-likeness (QED) is 0.850. The Morgan fingerprint density at radius 2 is 1.88 bits per heavy atom. The Hall–Kier alpha value is -2.27. The van der Waals surface area contributed by atoms with Gasteiger partial charge in [-0.05, 0) is 42.3 Å². The topological polar surface area (TPSA) is 49.4 Å². The van der Waals surface area contributed by atoms with Crippen molar-refractivity contribution >= 4 is 35.0 Å². The summed E-state index contributed by atoms with van der Waals surface area (Å²) in [4.78, 5) is 26.6. The van der Waals surface area contributed by atoms with E-state index in [2.05, 4.69) is 5.32 Å². The van der Waals surface area contributed by atoms with Crippen molar-refractivity contribution in [1.82, 2.24) is 0 Å². The van der Waals surface area contributed by atoms with Gasteiger partial charge in [-0.15, -0.1) is 11.8 Å². The maximum Gasteiger partial charge on any atom is 0.238 e. The predicted molar refractivity (Wildman–Crippen MR) is 108 cm³/mol. The highest BCUT2D eigenvalue weighted by Crippen LogP contribution is 2.42. The summed E-state index contributed by atoms with van der Waals surface area (Å²) in [7, 11) is 0. The van der Waals surface area contributed by atoms with E-state index in [0.717, 1.165) is 22.5 Å². The lowest BCUT2D eigenvalue weighted by molar-refractivity contribution is -0.123. The molecule has 1 N–H and O–H groups in total. The highest BCUT2D eigenvalue weighted by Gasteiger charge is 2.34. The third-order valence-corrected chi connectivity index (χ3v) is 5.47. The maximum absolute atomic E-state index is 12.5. The number of hydrogen-bond acceptors (Lipinski definition) is 3. The molecule has 0 spiro atoms. The van der Waals surface area contributed by atoms with Gasteiger partial charge in [-0.1, -0.05) is 45.0 Å². The standard InChI is InChI=1S/C21H24N2O2S/c1-14-7-5-10-17(11-14)23-18(24)13-26-19(23)15-8-6-9-16(12-15)22-20(25)21(2,3)4/h5-12,19H,13H2,1-4H3,(H,22,25)/t19-/m0/s1. The largest absolute Gasteiger partial charge is 0.326 e. The molecule has 1 aliphatic rings. The van der Waals surface area contributed by atoms with Crippen LogP contribution in [-0.2, 0) is 9.59 Å². The first kappa shape index (κ1) is 18.5. The minimum absolute atomic E-state index is 0.0275. The molecule has 0 unspecified atom stereocenters. The molecule has 0 saturated carbocycles. The summed E-state index contributed by atoms with van der Waals surface area (Å²) in [6.45, 7) is 7.68. The summed E-state index contributed by atoms with van der Waals surface area (Å²) in [5.74, 6) is 0.534. The fourth-order valence-electron chi connectivity index (χ4n) is 2.82. The van der Waals surface area contributed by atoms with Crippen LogP contribution in [0.5, 0.6) is 0 Å². The number of benzene rings is 2. The predicted octanol–water partition coefficient (Wildman–Crippen LogP) is 4.76. The lowest BCUT2D eigenvalue weighted by Gasteiger charge is -2.25. The van der Waals surface area contributed by atoms with Gasteiger partial charge in [0.1, 0.15) is 5.37 Å². The molecule has 1 aliphatic heterocycles. The first-order valence-corrected chi connectivity index (χ1v) is 9.72. The van der Waals surface area contributed by atoms with Crippen LogP contribution in [0.25, 0.3) is 0 Å². The molecule has 5 heteroatoms. The van der Waals surface area contributed by atoms with E-state index < -0.39 is 5.41 Å². The number of carbonyl (C=O) groups excluding carboxylic acids is 2. The lowest BCUT2D eigenvalue weighted by Crippen LogP contribution is -2.28. The fourth-order valence-corrected chi connectivity index (χ4v) is 3.98. The Morgan fingerprint density at radius 1 is 1.15 bits per heavy atom. The van der Waals surface area contributed by atoms with Crippen molar-refractivity contribution in [3.63, 3.8) is 0 Å². The van der Waals surface area contributed by atoms with E-state index in [4.69, 9.17) is 0 Å². The van der Waals surface area contributed by atoms with Crippen LogP contribution in [0, 0.1) is 12.3 Å². The smallest absolute Gasteiger partial charge is 0.238 e. The van der Waals surface area contributed by atoms with Crippen molar-refractivity contribution < 1.29 is 9.59 Å². The van der Waals surface area contributed by atoms with Crippen molar-refractivity contribution in [3.8, 4) is 0 Å². The number of thioether (sulfide) groups is 1. The Morgan fingerprint density at radius 3 is 2.58 bits per heavy atom. The highest BCUT2D eigenvalue weighted by atomic mass is 32.2. The molecular formula is C21H24N2O2S. The van der Waals surface area contributed by atoms with Crippen LogP contribution in [0.1, 0.15) is 37.3 Å². The average molecular weight is 369 g/mol. The van der Waals surface area contributed by atoms with Crippen molar-refractivity contribution in [3.05, 3.63) is 59.7 Å². The van der Waals surface area contributed by atoms with E-state index in [9.17, 15) is 9.59 Å². The van der Waals surface area contributed by atoms with E-state index in [1.807, 2.05) is 81.1 Å². The average Bonchev–Trinajstić information content (AvgIpc) is 2.96. The van der Waals surface area contributed by atoms with Gasteiger partial charge in [-0.25, -0.2) is 0 Å². The molecule has 1 saturated heterocycles. The molecule has 1 heterocycles. The van der Waals surface area contributed by atoms with Crippen molar-refractivity contribution in [1.29, 1.82) is 0 Å². The molecule has 0 aliphatic carbocycles. The van der Waals surface area contributed by atoms with Gasteiger partial charge >= 0.3 is 0 Å². The highest BCUT2D eigenvalue weighted by molar-refractivity contribution is 8.00. The summed E-state index contributed by atoms with van der Waals surface area (Å²) in [6.07, 6.45) is 0. The van der Waals surface area contributed by atoms with E-state index in [1.54, 1.807) is 11.8 Å². The third kappa shape index (κ3) is 3.93. The van der Waals surface area contributed by atoms with Crippen LogP contribution in [0.15, 0.2) is 48.5 Å². The second-order valence-electron chi connectivity index (χ2n) is 7.60. The zero-order valence-corrected chi connectivity index (χ0v) is 16.4. The van der Waals surface area contributed by atoms with Crippen molar-refractivity contribution in [2.75, 3.05) is 16.0 Å². The normalized spacial score (nSPS) is 17.5. The number of amides is 2. The monoisotopic (exact) mass is 368 g/mol. The second-order valence-corrected chi connectivity index (χ2v) is 8.66. The number of nitrogens with zero attached hydrogens (tertiary/aromatic N) is 1. The Bertz CT molecular complexity index is 842. The van der Waals surface area contributed by atoms with Gasteiger partial charge in [0.25, 0.3) is 0 Å². The zero-order chi connectivity index (χ0) is 18.9. The van der Waals surface area contributed by atoms with Crippen LogP contribution in [0.2, 0.25) is 0 Å². The summed E-state index contributed by atoms with van der Waals surface area (Å²) < 4.78 is 0. The lowest BCUT2D eigenvalue weighted by atomic mass is 9.95. The van der Waals surface area contributed by atoms with Gasteiger partial charge in [0, 0.05) is 16.8 Å². The Kier molecular flexibility index (Phi) is 5.10. The molecule has 2 aromatic rings. The third-order valence-electron chi connectivity index (χ3n) is 4.26. The van der Waals surface area contributed by atoms with E-state index in [1.165, 1.54) is 0 Å². The number of hydrogen-bond donors (Lipinski definition) is 1. The van der Waals surface area contributed by atoms with Crippen molar-refractivity contribution in [2.24, 2.45) is 5.41 Å². The number of anilines is 2. The summed E-state index contributed by atoms with van der Waals surface area (Å²) in [6, 6.07) is 15.8. The summed E-state index contributed by atoms with van der Waals surface area (Å²) in [5.41, 5.74) is 3.34. The first-order valence-electron chi connectivity index (χ1n) is 8.67. The van der Waals surface area contributed by atoms with E-state index in [0.29, 0.717) is 5.75 Å². The Balaban J connectivity index is 1.89. The maximum atomic E-state index is 12.5. The van der Waals surface area contributed by atoms with Gasteiger partial charge in [-0.2, -0.15) is 0 Å². The van der Waals surface area contributed by atoms with Crippen LogP contribution in [0.3, 0.4) is 0 Å². The van der Waals surface area contributed by atoms with E-state index >= 15 is 0 Å².